The van der Waals surface area contributed by atoms with Gasteiger partial charge in [-0.1, -0.05) is 47.4 Å². The summed E-state index contributed by atoms with van der Waals surface area (Å²) < 4.78 is 0. The monoisotopic (exact) mass is 285 g/mol. The molecule has 2 aromatic rings. The largest absolute Gasteiger partial charge is 0.320 e. The molecule has 2 rings (SSSR count). The van der Waals surface area contributed by atoms with Gasteiger partial charge in [-0.2, -0.15) is 0 Å². The highest BCUT2D eigenvalue weighted by Gasteiger charge is 2.08. The van der Waals surface area contributed by atoms with Gasteiger partial charge >= 0.3 is 0 Å². The lowest BCUT2D eigenvalue weighted by atomic mass is 10.1. The third kappa shape index (κ3) is 3.92. The molecule has 0 spiro atoms. The number of nitrogens with one attached hydrogen (secondary N) is 1. The summed E-state index contributed by atoms with van der Waals surface area (Å²) in [6, 6.07) is 7.83. The summed E-state index contributed by atoms with van der Waals surface area (Å²) in [7, 11) is 0. The third-order valence-corrected chi connectivity index (χ3v) is 3.51. The number of rotatable bonds is 3. The summed E-state index contributed by atoms with van der Waals surface area (Å²) in [5.74, 6) is 5.56. The first kappa shape index (κ1) is 14.3. The highest BCUT2D eigenvalue weighted by atomic mass is 32.1. The van der Waals surface area contributed by atoms with Gasteiger partial charge < -0.3 is 11.1 Å². The summed E-state index contributed by atoms with van der Waals surface area (Å²) in [4.78, 5) is 16.9. The normalized spacial score (nSPS) is 9.70. The number of amides is 1. The molecule has 0 aliphatic carbocycles. The predicted molar refractivity (Wildman–Crippen MR) is 81.6 cm³/mol. The Balaban J connectivity index is 1.98. The van der Waals surface area contributed by atoms with Crippen LogP contribution in [-0.4, -0.2) is 17.4 Å². The van der Waals surface area contributed by atoms with E-state index in [9.17, 15) is 4.79 Å². The van der Waals surface area contributed by atoms with E-state index >= 15 is 0 Å². The lowest BCUT2D eigenvalue weighted by molar-refractivity contribution is -0.115. The minimum atomic E-state index is -0.0769. The summed E-state index contributed by atoms with van der Waals surface area (Å²) in [6.45, 7) is 2.30. The molecule has 1 aromatic heterocycles. The van der Waals surface area contributed by atoms with Crippen LogP contribution in [0.3, 0.4) is 0 Å². The molecule has 0 bridgehead atoms. The van der Waals surface area contributed by atoms with E-state index < -0.39 is 0 Å². The molecule has 0 unspecified atom stereocenters. The van der Waals surface area contributed by atoms with Crippen LogP contribution in [0.4, 0.5) is 5.13 Å². The highest BCUT2D eigenvalue weighted by molar-refractivity contribution is 7.16. The minimum absolute atomic E-state index is 0.0769. The standard InChI is InChI=1S/C15H15N3OS/c1-11-5-2-3-6-12(11)9-14(19)18-15-17-10-13(20-15)7-4-8-16/h2-3,5-6,10H,8-9,16H2,1H3,(H,17,18,19). The van der Waals surface area contributed by atoms with E-state index in [0.717, 1.165) is 16.0 Å². The summed E-state index contributed by atoms with van der Waals surface area (Å²) in [5.41, 5.74) is 7.43. The van der Waals surface area contributed by atoms with Gasteiger partial charge in [0.15, 0.2) is 5.13 Å². The quantitative estimate of drug-likeness (QED) is 0.847. The molecule has 0 saturated carbocycles. The van der Waals surface area contributed by atoms with Crippen LogP contribution in [0, 0.1) is 18.8 Å². The van der Waals surface area contributed by atoms with Crippen molar-refractivity contribution in [2.45, 2.75) is 13.3 Å². The van der Waals surface area contributed by atoms with Crippen LogP contribution in [0.1, 0.15) is 16.0 Å². The van der Waals surface area contributed by atoms with Crippen LogP contribution >= 0.6 is 11.3 Å². The van der Waals surface area contributed by atoms with Crippen molar-refractivity contribution in [3.05, 3.63) is 46.5 Å². The first-order chi connectivity index (χ1) is 9.69. The van der Waals surface area contributed by atoms with Crippen molar-refractivity contribution in [1.29, 1.82) is 0 Å². The van der Waals surface area contributed by atoms with Crippen LogP contribution in [0.15, 0.2) is 30.5 Å². The van der Waals surface area contributed by atoms with Crippen molar-refractivity contribution in [3.8, 4) is 11.8 Å². The average molecular weight is 285 g/mol. The van der Waals surface area contributed by atoms with E-state index in [0.29, 0.717) is 18.1 Å². The number of aryl methyl sites for hydroxylation is 1. The topological polar surface area (TPSA) is 68.0 Å². The van der Waals surface area contributed by atoms with Crippen LogP contribution in [0.2, 0.25) is 0 Å². The molecule has 0 radical (unpaired) electrons. The molecule has 0 fully saturated rings. The Morgan fingerprint density at radius 3 is 3.00 bits per heavy atom. The van der Waals surface area contributed by atoms with Gasteiger partial charge in [0.25, 0.3) is 0 Å². The number of nitrogens with zero attached hydrogens (tertiary/aromatic N) is 1. The molecule has 102 valence electrons. The number of anilines is 1. The average Bonchev–Trinajstić information content (AvgIpc) is 2.86. The van der Waals surface area contributed by atoms with Gasteiger partial charge in [0.2, 0.25) is 5.91 Å². The Labute approximate surface area is 122 Å². The van der Waals surface area contributed by atoms with Gasteiger partial charge in [0, 0.05) is 0 Å². The van der Waals surface area contributed by atoms with Crippen molar-refractivity contribution < 1.29 is 4.79 Å². The Morgan fingerprint density at radius 2 is 2.25 bits per heavy atom. The van der Waals surface area contributed by atoms with E-state index in [2.05, 4.69) is 22.1 Å². The molecular formula is C15H15N3OS. The SMILES string of the molecule is Cc1ccccc1CC(=O)Nc1ncc(C#CCN)s1. The van der Waals surface area contributed by atoms with Crippen LogP contribution in [0.25, 0.3) is 0 Å². The molecular weight excluding hydrogens is 270 g/mol. The lowest BCUT2D eigenvalue weighted by Crippen LogP contribution is -2.14. The van der Waals surface area contributed by atoms with Crippen molar-refractivity contribution in [2.75, 3.05) is 11.9 Å². The number of thiazole rings is 1. The van der Waals surface area contributed by atoms with Crippen molar-refractivity contribution in [2.24, 2.45) is 5.73 Å². The first-order valence-corrected chi connectivity index (χ1v) is 7.00. The van der Waals surface area contributed by atoms with Gasteiger partial charge in [-0.15, -0.1) is 0 Å². The zero-order chi connectivity index (χ0) is 14.4. The second kappa shape index (κ2) is 6.85. The maximum Gasteiger partial charge on any atom is 0.230 e. The Kier molecular flexibility index (Phi) is 4.88. The van der Waals surface area contributed by atoms with E-state index in [-0.39, 0.29) is 5.91 Å². The maximum absolute atomic E-state index is 12.0. The Bertz CT molecular complexity index is 667. The number of hydrogen-bond acceptors (Lipinski definition) is 4. The molecule has 5 heteroatoms. The van der Waals surface area contributed by atoms with Crippen LogP contribution in [0.5, 0.6) is 0 Å². The summed E-state index contributed by atoms with van der Waals surface area (Å²) in [6.07, 6.45) is 1.98. The number of carbonyl (C=O) groups is 1. The molecule has 1 heterocycles. The van der Waals surface area contributed by atoms with Gasteiger partial charge in [-0.25, -0.2) is 4.98 Å². The fraction of sp³-hybridized carbons (Fsp3) is 0.200. The minimum Gasteiger partial charge on any atom is -0.320 e. The molecule has 0 aliphatic rings. The third-order valence-electron chi connectivity index (χ3n) is 2.68. The second-order valence-corrected chi connectivity index (χ2v) is 5.22. The Hall–Kier alpha value is -2.16. The van der Waals surface area contributed by atoms with Gasteiger partial charge in [-0.05, 0) is 18.1 Å². The molecule has 0 aliphatic heterocycles. The van der Waals surface area contributed by atoms with Gasteiger partial charge in [0.05, 0.1) is 24.0 Å². The van der Waals surface area contributed by atoms with Gasteiger partial charge in [-0.3, -0.25) is 4.79 Å². The fourth-order valence-corrected chi connectivity index (χ4v) is 2.38. The highest BCUT2D eigenvalue weighted by Crippen LogP contribution is 2.17. The molecule has 1 amide bonds. The predicted octanol–water partition coefficient (Wildman–Crippen LogP) is 1.94. The van der Waals surface area contributed by atoms with E-state index in [4.69, 9.17) is 5.73 Å². The molecule has 3 N–H and O–H groups in total. The summed E-state index contributed by atoms with van der Waals surface area (Å²) in [5, 5.41) is 3.34. The number of hydrogen-bond donors (Lipinski definition) is 2. The van der Waals surface area contributed by atoms with Crippen molar-refractivity contribution in [1.82, 2.24) is 4.98 Å². The Morgan fingerprint density at radius 1 is 1.45 bits per heavy atom. The second-order valence-electron chi connectivity index (χ2n) is 4.19. The number of aromatic nitrogens is 1. The van der Waals surface area contributed by atoms with Crippen LogP contribution < -0.4 is 11.1 Å². The zero-order valence-electron chi connectivity index (χ0n) is 11.1. The molecule has 1 aromatic carbocycles. The summed E-state index contributed by atoms with van der Waals surface area (Å²) >= 11 is 1.34. The van der Waals surface area contributed by atoms with Crippen molar-refractivity contribution >= 4 is 22.4 Å². The maximum atomic E-state index is 12.0. The molecule has 0 saturated heterocycles. The number of nitrogens with two attached hydrogens (primary N) is 1. The lowest BCUT2D eigenvalue weighted by Gasteiger charge is -2.04. The van der Waals surface area contributed by atoms with Gasteiger partial charge in [0.1, 0.15) is 0 Å². The molecule has 4 nitrogen and oxygen atoms in total. The number of carbonyl (C=O) groups excluding carboxylic acids is 1. The van der Waals surface area contributed by atoms with Crippen molar-refractivity contribution in [3.63, 3.8) is 0 Å². The van der Waals surface area contributed by atoms with E-state index in [1.807, 2.05) is 31.2 Å². The first-order valence-electron chi connectivity index (χ1n) is 6.18. The zero-order valence-corrected chi connectivity index (χ0v) is 12.0. The van der Waals surface area contributed by atoms with E-state index in [1.54, 1.807) is 6.20 Å². The number of benzene rings is 1. The molecule has 20 heavy (non-hydrogen) atoms. The van der Waals surface area contributed by atoms with Crippen LogP contribution in [-0.2, 0) is 11.2 Å². The smallest absolute Gasteiger partial charge is 0.230 e. The molecule has 0 atom stereocenters. The van der Waals surface area contributed by atoms with E-state index in [1.165, 1.54) is 11.3 Å². The fourth-order valence-electron chi connectivity index (χ4n) is 1.67.